The standard InChI is InChI=1S/C9H20NO5P/c1-4-14-16(13,15-5-2)8(3)6-7-9(11)10-12/h8,12H,4-7H2,1-3H3,(H,10,11). The van der Waals surface area contributed by atoms with Gasteiger partial charge in [-0.1, -0.05) is 6.92 Å². The first-order valence-electron chi connectivity index (χ1n) is 5.31. The van der Waals surface area contributed by atoms with Crippen molar-refractivity contribution < 1.29 is 23.6 Å². The Kier molecular flexibility index (Phi) is 7.58. The topological polar surface area (TPSA) is 84.9 Å². The zero-order valence-electron chi connectivity index (χ0n) is 9.93. The molecule has 7 heteroatoms. The number of hydrogen-bond donors (Lipinski definition) is 2. The molecule has 0 bridgehead atoms. The average molecular weight is 253 g/mol. The molecule has 0 aromatic heterocycles. The van der Waals surface area contributed by atoms with E-state index in [1.165, 1.54) is 5.48 Å². The molecule has 0 radical (unpaired) electrons. The molecule has 96 valence electrons. The molecule has 0 saturated heterocycles. The number of hydrogen-bond acceptors (Lipinski definition) is 5. The van der Waals surface area contributed by atoms with Gasteiger partial charge < -0.3 is 9.05 Å². The van der Waals surface area contributed by atoms with Crippen molar-refractivity contribution in [2.24, 2.45) is 0 Å². The lowest BCUT2D eigenvalue weighted by molar-refractivity contribution is -0.129. The van der Waals surface area contributed by atoms with Crippen LogP contribution in [0.5, 0.6) is 0 Å². The predicted molar refractivity (Wildman–Crippen MR) is 59.5 cm³/mol. The first-order valence-corrected chi connectivity index (χ1v) is 6.93. The molecule has 0 heterocycles. The molecule has 1 unspecified atom stereocenters. The van der Waals surface area contributed by atoms with Crippen molar-refractivity contribution >= 4 is 13.5 Å². The lowest BCUT2D eigenvalue weighted by Gasteiger charge is -2.22. The highest BCUT2D eigenvalue weighted by atomic mass is 31.2. The summed E-state index contributed by atoms with van der Waals surface area (Å²) in [7, 11) is -3.14. The summed E-state index contributed by atoms with van der Waals surface area (Å²) >= 11 is 0. The van der Waals surface area contributed by atoms with Crippen LogP contribution in [0.2, 0.25) is 0 Å². The predicted octanol–water partition coefficient (Wildman–Crippen LogP) is 1.93. The summed E-state index contributed by atoms with van der Waals surface area (Å²) in [6, 6.07) is 0. The third-order valence-corrected chi connectivity index (χ3v) is 4.65. The average Bonchev–Trinajstić information content (AvgIpc) is 2.25. The van der Waals surface area contributed by atoms with Crippen LogP contribution in [-0.2, 0) is 18.4 Å². The summed E-state index contributed by atoms with van der Waals surface area (Å²) in [4.78, 5) is 10.8. The Balaban J connectivity index is 4.32. The van der Waals surface area contributed by atoms with Crippen LogP contribution in [0.3, 0.4) is 0 Å². The summed E-state index contributed by atoms with van der Waals surface area (Å²) in [5.41, 5.74) is 1.15. The Labute approximate surface area is 95.8 Å². The van der Waals surface area contributed by atoms with Gasteiger partial charge >= 0.3 is 7.60 Å². The molecule has 0 saturated carbocycles. The van der Waals surface area contributed by atoms with E-state index in [1.54, 1.807) is 20.8 Å². The van der Waals surface area contributed by atoms with E-state index in [1.807, 2.05) is 0 Å². The molecular weight excluding hydrogens is 233 g/mol. The SMILES string of the molecule is CCOP(=O)(OCC)C(C)CCC(=O)NO. The first kappa shape index (κ1) is 15.6. The number of rotatable bonds is 8. The van der Waals surface area contributed by atoms with Crippen molar-refractivity contribution in [2.45, 2.75) is 39.3 Å². The van der Waals surface area contributed by atoms with Gasteiger partial charge in [-0.25, -0.2) is 5.48 Å². The van der Waals surface area contributed by atoms with E-state index in [0.717, 1.165) is 0 Å². The van der Waals surface area contributed by atoms with E-state index in [-0.39, 0.29) is 12.1 Å². The van der Waals surface area contributed by atoms with Crippen LogP contribution in [-0.4, -0.2) is 30.0 Å². The van der Waals surface area contributed by atoms with Crippen LogP contribution < -0.4 is 5.48 Å². The maximum absolute atomic E-state index is 12.2. The van der Waals surface area contributed by atoms with Crippen molar-refractivity contribution in [1.29, 1.82) is 0 Å². The Bertz CT molecular complexity index is 248. The minimum atomic E-state index is -3.14. The van der Waals surface area contributed by atoms with Crippen LogP contribution in [0, 0.1) is 0 Å². The summed E-state index contributed by atoms with van der Waals surface area (Å²) in [6.45, 7) is 5.77. The highest BCUT2D eigenvalue weighted by Crippen LogP contribution is 2.54. The third kappa shape index (κ3) is 5.07. The Hall–Kier alpha value is -0.420. The molecule has 2 N–H and O–H groups in total. The van der Waals surface area contributed by atoms with Gasteiger partial charge in [0, 0.05) is 6.42 Å². The lowest BCUT2D eigenvalue weighted by atomic mass is 10.2. The normalized spacial score (nSPS) is 13.5. The molecule has 6 nitrogen and oxygen atoms in total. The second-order valence-corrected chi connectivity index (χ2v) is 5.78. The monoisotopic (exact) mass is 253 g/mol. The number of carbonyl (C=O) groups excluding carboxylic acids is 1. The van der Waals surface area contributed by atoms with Gasteiger partial charge in [-0.3, -0.25) is 14.6 Å². The fourth-order valence-electron chi connectivity index (χ4n) is 1.21. The van der Waals surface area contributed by atoms with Crippen LogP contribution in [0.15, 0.2) is 0 Å². The molecular formula is C9H20NO5P. The van der Waals surface area contributed by atoms with Gasteiger partial charge in [0.25, 0.3) is 0 Å². The molecule has 0 spiro atoms. The fraction of sp³-hybridized carbons (Fsp3) is 0.889. The van der Waals surface area contributed by atoms with Crippen molar-refractivity contribution in [3.63, 3.8) is 0 Å². The molecule has 0 fully saturated rings. The van der Waals surface area contributed by atoms with Crippen LogP contribution in [0.1, 0.15) is 33.6 Å². The van der Waals surface area contributed by atoms with Gasteiger partial charge in [0.05, 0.1) is 18.9 Å². The second-order valence-electron chi connectivity index (χ2n) is 3.30. The molecule has 0 aromatic carbocycles. The largest absolute Gasteiger partial charge is 0.333 e. The zero-order chi connectivity index (χ0) is 12.6. The first-order chi connectivity index (χ1) is 7.50. The van der Waals surface area contributed by atoms with Crippen LogP contribution >= 0.6 is 7.60 Å². The van der Waals surface area contributed by atoms with E-state index in [2.05, 4.69) is 0 Å². The molecule has 0 aliphatic rings. The van der Waals surface area contributed by atoms with Crippen molar-refractivity contribution in [3.05, 3.63) is 0 Å². The van der Waals surface area contributed by atoms with Gasteiger partial charge in [-0.15, -0.1) is 0 Å². The summed E-state index contributed by atoms with van der Waals surface area (Å²) in [5, 5.41) is 8.33. The quantitative estimate of drug-likeness (QED) is 0.392. The molecule has 0 rings (SSSR count). The zero-order valence-corrected chi connectivity index (χ0v) is 10.8. The fourth-order valence-corrected chi connectivity index (χ4v) is 2.95. The molecule has 0 aliphatic carbocycles. The van der Waals surface area contributed by atoms with Crippen molar-refractivity contribution in [3.8, 4) is 0 Å². The number of carbonyl (C=O) groups is 1. The number of amides is 1. The van der Waals surface area contributed by atoms with Gasteiger partial charge in [-0.05, 0) is 20.3 Å². The Morgan fingerprint density at radius 3 is 2.25 bits per heavy atom. The van der Waals surface area contributed by atoms with Gasteiger partial charge in [0.2, 0.25) is 5.91 Å². The molecule has 1 amide bonds. The van der Waals surface area contributed by atoms with E-state index >= 15 is 0 Å². The molecule has 0 aromatic rings. The second kappa shape index (κ2) is 7.79. The van der Waals surface area contributed by atoms with E-state index in [9.17, 15) is 9.36 Å². The maximum Gasteiger partial charge on any atom is 0.333 e. The highest BCUT2D eigenvalue weighted by Gasteiger charge is 2.31. The van der Waals surface area contributed by atoms with Crippen LogP contribution in [0.4, 0.5) is 0 Å². The van der Waals surface area contributed by atoms with Crippen molar-refractivity contribution in [2.75, 3.05) is 13.2 Å². The number of hydroxylamine groups is 1. The van der Waals surface area contributed by atoms with Crippen LogP contribution in [0.25, 0.3) is 0 Å². The van der Waals surface area contributed by atoms with E-state index < -0.39 is 13.5 Å². The van der Waals surface area contributed by atoms with Gasteiger partial charge in [0.15, 0.2) is 0 Å². The summed E-state index contributed by atoms with van der Waals surface area (Å²) in [6.07, 6.45) is 0.422. The van der Waals surface area contributed by atoms with E-state index in [0.29, 0.717) is 19.6 Å². The Morgan fingerprint density at radius 1 is 1.38 bits per heavy atom. The third-order valence-electron chi connectivity index (χ3n) is 2.07. The van der Waals surface area contributed by atoms with Gasteiger partial charge in [-0.2, -0.15) is 0 Å². The maximum atomic E-state index is 12.2. The summed E-state index contributed by atoms with van der Waals surface area (Å²) < 4.78 is 22.4. The number of nitrogens with one attached hydrogen (secondary N) is 1. The Morgan fingerprint density at radius 2 is 1.88 bits per heavy atom. The highest BCUT2D eigenvalue weighted by molar-refractivity contribution is 7.54. The van der Waals surface area contributed by atoms with E-state index in [4.69, 9.17) is 14.3 Å². The lowest BCUT2D eigenvalue weighted by Crippen LogP contribution is -2.20. The molecule has 16 heavy (non-hydrogen) atoms. The minimum absolute atomic E-state index is 0.0851. The minimum Gasteiger partial charge on any atom is -0.309 e. The van der Waals surface area contributed by atoms with Gasteiger partial charge in [0.1, 0.15) is 0 Å². The molecule has 0 aliphatic heterocycles. The smallest absolute Gasteiger partial charge is 0.309 e. The molecule has 1 atom stereocenters. The van der Waals surface area contributed by atoms with Crippen molar-refractivity contribution in [1.82, 2.24) is 5.48 Å². The summed E-state index contributed by atoms with van der Waals surface area (Å²) in [5.74, 6) is -0.508.